The minimum atomic E-state index is -0.722. The van der Waals surface area contributed by atoms with Gasteiger partial charge in [-0.25, -0.2) is 0 Å². The van der Waals surface area contributed by atoms with E-state index < -0.39 is 6.10 Å². The van der Waals surface area contributed by atoms with E-state index in [4.69, 9.17) is 4.52 Å². The molecule has 1 heterocycles. The van der Waals surface area contributed by atoms with Crippen LogP contribution >= 0.6 is 0 Å². The van der Waals surface area contributed by atoms with Crippen molar-refractivity contribution >= 4 is 0 Å². The standard InChI is InChI=1S/C10H10N2O2/c1-7(13)10-11-9(12-14-10)8-5-3-2-4-6-8/h2-7,13H,1H3. The third kappa shape index (κ3) is 1.65. The number of rotatable bonds is 2. The van der Waals surface area contributed by atoms with Crippen molar-refractivity contribution in [2.24, 2.45) is 0 Å². The minimum absolute atomic E-state index is 0.240. The molecule has 72 valence electrons. The van der Waals surface area contributed by atoms with E-state index in [0.29, 0.717) is 5.82 Å². The largest absolute Gasteiger partial charge is 0.384 e. The SMILES string of the molecule is CC(O)c1nc(-c2ccccc2)no1. The van der Waals surface area contributed by atoms with Crippen molar-refractivity contribution < 1.29 is 9.63 Å². The van der Waals surface area contributed by atoms with Gasteiger partial charge < -0.3 is 9.63 Å². The molecular weight excluding hydrogens is 180 g/mol. The Bertz CT molecular complexity index is 409. The molecule has 1 unspecified atom stereocenters. The first-order valence-electron chi connectivity index (χ1n) is 4.34. The van der Waals surface area contributed by atoms with Gasteiger partial charge >= 0.3 is 0 Å². The molecule has 0 aliphatic carbocycles. The lowest BCUT2D eigenvalue weighted by molar-refractivity contribution is 0.152. The Morgan fingerprint density at radius 2 is 2.00 bits per heavy atom. The molecule has 0 radical (unpaired) electrons. The highest BCUT2D eigenvalue weighted by Gasteiger charge is 2.11. The molecule has 0 saturated heterocycles. The van der Waals surface area contributed by atoms with Crippen LogP contribution in [0.1, 0.15) is 18.9 Å². The molecule has 1 N–H and O–H groups in total. The van der Waals surface area contributed by atoms with E-state index in [1.54, 1.807) is 6.92 Å². The first kappa shape index (κ1) is 8.90. The van der Waals surface area contributed by atoms with Crippen LogP contribution in [0.5, 0.6) is 0 Å². The summed E-state index contributed by atoms with van der Waals surface area (Å²) in [6.07, 6.45) is -0.722. The molecule has 4 heteroatoms. The molecule has 1 aromatic heterocycles. The molecule has 0 bridgehead atoms. The third-order valence-corrected chi connectivity index (χ3v) is 1.83. The van der Waals surface area contributed by atoms with E-state index >= 15 is 0 Å². The van der Waals surface area contributed by atoms with E-state index in [1.165, 1.54) is 0 Å². The van der Waals surface area contributed by atoms with Crippen molar-refractivity contribution in [2.45, 2.75) is 13.0 Å². The Hall–Kier alpha value is -1.68. The normalized spacial score (nSPS) is 12.7. The summed E-state index contributed by atoms with van der Waals surface area (Å²) in [5.74, 6) is 0.741. The van der Waals surface area contributed by atoms with Crippen LogP contribution in [0.3, 0.4) is 0 Å². The molecule has 0 spiro atoms. The van der Waals surface area contributed by atoms with Crippen LogP contribution in [0.15, 0.2) is 34.9 Å². The van der Waals surface area contributed by atoms with Gasteiger partial charge in [0.25, 0.3) is 5.89 Å². The number of aliphatic hydroxyl groups is 1. The first-order valence-corrected chi connectivity index (χ1v) is 4.34. The maximum absolute atomic E-state index is 9.19. The van der Waals surface area contributed by atoms with Gasteiger partial charge in [-0.1, -0.05) is 35.5 Å². The van der Waals surface area contributed by atoms with Gasteiger partial charge in [-0.15, -0.1) is 0 Å². The molecule has 2 aromatic rings. The summed E-state index contributed by atoms with van der Waals surface area (Å²) in [7, 11) is 0. The molecular formula is C10H10N2O2. The van der Waals surface area contributed by atoms with Gasteiger partial charge in [-0.2, -0.15) is 4.98 Å². The summed E-state index contributed by atoms with van der Waals surface area (Å²) >= 11 is 0. The molecule has 0 aliphatic rings. The third-order valence-electron chi connectivity index (χ3n) is 1.83. The Morgan fingerprint density at radius 3 is 2.57 bits per heavy atom. The molecule has 2 rings (SSSR count). The first-order chi connectivity index (χ1) is 6.77. The molecule has 1 atom stereocenters. The summed E-state index contributed by atoms with van der Waals surface area (Å²) in [5.41, 5.74) is 0.878. The van der Waals surface area contributed by atoms with Gasteiger partial charge in [0.2, 0.25) is 5.82 Å². The molecule has 1 aromatic carbocycles. The number of aromatic nitrogens is 2. The topological polar surface area (TPSA) is 59.2 Å². The van der Waals surface area contributed by atoms with Crippen LogP contribution in [0.2, 0.25) is 0 Å². The summed E-state index contributed by atoms with van der Waals surface area (Å²) in [6.45, 7) is 1.59. The van der Waals surface area contributed by atoms with Gasteiger partial charge in [0.1, 0.15) is 6.10 Å². The van der Waals surface area contributed by atoms with Crippen LogP contribution in [0, 0.1) is 0 Å². The number of benzene rings is 1. The average Bonchev–Trinajstić information content (AvgIpc) is 2.68. The highest BCUT2D eigenvalue weighted by atomic mass is 16.5. The van der Waals surface area contributed by atoms with Crippen molar-refractivity contribution in [1.82, 2.24) is 10.1 Å². The molecule has 0 saturated carbocycles. The predicted molar refractivity (Wildman–Crippen MR) is 50.4 cm³/mol. The quantitative estimate of drug-likeness (QED) is 0.784. The number of aliphatic hydroxyl groups excluding tert-OH is 1. The lowest BCUT2D eigenvalue weighted by Gasteiger charge is -1.92. The molecule has 0 fully saturated rings. The van der Waals surface area contributed by atoms with Crippen molar-refractivity contribution in [3.8, 4) is 11.4 Å². The zero-order valence-corrected chi connectivity index (χ0v) is 7.71. The highest BCUT2D eigenvalue weighted by Crippen LogP contribution is 2.17. The van der Waals surface area contributed by atoms with Crippen molar-refractivity contribution in [3.63, 3.8) is 0 Å². The maximum atomic E-state index is 9.19. The number of hydrogen-bond acceptors (Lipinski definition) is 4. The van der Waals surface area contributed by atoms with Gasteiger partial charge in [0.05, 0.1) is 0 Å². The lowest BCUT2D eigenvalue weighted by atomic mass is 10.2. The summed E-state index contributed by atoms with van der Waals surface area (Å²) in [5, 5.41) is 12.9. The zero-order valence-electron chi connectivity index (χ0n) is 7.71. The number of hydrogen-bond donors (Lipinski definition) is 1. The van der Waals surface area contributed by atoms with E-state index in [0.717, 1.165) is 5.56 Å². The fraction of sp³-hybridized carbons (Fsp3) is 0.200. The monoisotopic (exact) mass is 190 g/mol. The summed E-state index contributed by atoms with van der Waals surface area (Å²) in [4.78, 5) is 4.05. The Kier molecular flexibility index (Phi) is 2.28. The van der Waals surface area contributed by atoms with Crippen LogP contribution in [-0.4, -0.2) is 15.2 Å². The Balaban J connectivity index is 2.34. The Labute approximate surface area is 81.2 Å². The van der Waals surface area contributed by atoms with Crippen LogP contribution < -0.4 is 0 Å². The highest BCUT2D eigenvalue weighted by molar-refractivity contribution is 5.53. The van der Waals surface area contributed by atoms with E-state index in [9.17, 15) is 5.11 Å². The van der Waals surface area contributed by atoms with Gasteiger partial charge in [-0.05, 0) is 6.92 Å². The Morgan fingerprint density at radius 1 is 1.29 bits per heavy atom. The second-order valence-electron chi connectivity index (χ2n) is 3.00. The smallest absolute Gasteiger partial charge is 0.255 e. The maximum Gasteiger partial charge on any atom is 0.255 e. The molecule has 4 nitrogen and oxygen atoms in total. The van der Waals surface area contributed by atoms with E-state index in [1.807, 2.05) is 30.3 Å². The lowest BCUT2D eigenvalue weighted by Crippen LogP contribution is -1.90. The fourth-order valence-electron chi connectivity index (χ4n) is 1.11. The average molecular weight is 190 g/mol. The molecule has 0 amide bonds. The second kappa shape index (κ2) is 3.59. The van der Waals surface area contributed by atoms with Crippen molar-refractivity contribution in [1.29, 1.82) is 0 Å². The van der Waals surface area contributed by atoms with Gasteiger partial charge in [0.15, 0.2) is 0 Å². The van der Waals surface area contributed by atoms with E-state index in [2.05, 4.69) is 10.1 Å². The zero-order chi connectivity index (χ0) is 9.97. The molecule has 0 aliphatic heterocycles. The van der Waals surface area contributed by atoms with E-state index in [-0.39, 0.29) is 5.89 Å². The predicted octanol–water partition coefficient (Wildman–Crippen LogP) is 1.79. The second-order valence-corrected chi connectivity index (χ2v) is 3.00. The summed E-state index contributed by atoms with van der Waals surface area (Å²) < 4.78 is 4.87. The van der Waals surface area contributed by atoms with Crippen molar-refractivity contribution in [3.05, 3.63) is 36.2 Å². The molecule has 14 heavy (non-hydrogen) atoms. The minimum Gasteiger partial charge on any atom is -0.384 e. The van der Waals surface area contributed by atoms with Gasteiger partial charge in [-0.3, -0.25) is 0 Å². The van der Waals surface area contributed by atoms with Crippen LogP contribution in [0.4, 0.5) is 0 Å². The summed E-state index contributed by atoms with van der Waals surface area (Å²) in [6, 6.07) is 9.48. The fourth-order valence-corrected chi connectivity index (χ4v) is 1.11. The number of nitrogens with zero attached hydrogens (tertiary/aromatic N) is 2. The van der Waals surface area contributed by atoms with Crippen LogP contribution in [0.25, 0.3) is 11.4 Å². The van der Waals surface area contributed by atoms with Crippen molar-refractivity contribution in [2.75, 3.05) is 0 Å². The van der Waals surface area contributed by atoms with Gasteiger partial charge in [0, 0.05) is 5.56 Å². The van der Waals surface area contributed by atoms with Crippen LogP contribution in [-0.2, 0) is 0 Å².